The second kappa shape index (κ2) is 12.1. The van der Waals surface area contributed by atoms with Crippen LogP contribution in [0.4, 0.5) is 16.2 Å². The predicted octanol–water partition coefficient (Wildman–Crippen LogP) is 4.25. The van der Waals surface area contributed by atoms with Gasteiger partial charge in [-0.3, -0.25) is 9.59 Å². The molecule has 0 saturated carbocycles. The second-order valence-corrected chi connectivity index (χ2v) is 8.71. The molecule has 1 fully saturated rings. The van der Waals surface area contributed by atoms with Crippen molar-refractivity contribution in [2.75, 3.05) is 31.0 Å². The van der Waals surface area contributed by atoms with Crippen molar-refractivity contribution in [3.05, 3.63) is 83.9 Å². The number of amides is 4. The van der Waals surface area contributed by atoms with Gasteiger partial charge in [-0.25, -0.2) is 14.5 Å². The van der Waals surface area contributed by atoms with Crippen LogP contribution < -0.4 is 19.7 Å². The van der Waals surface area contributed by atoms with Crippen LogP contribution in [0, 0.1) is 0 Å². The Morgan fingerprint density at radius 1 is 0.897 bits per heavy atom. The lowest BCUT2D eigenvalue weighted by Gasteiger charge is -2.22. The number of esters is 1. The molecule has 10 heteroatoms. The van der Waals surface area contributed by atoms with E-state index in [9.17, 15) is 19.2 Å². The summed E-state index contributed by atoms with van der Waals surface area (Å²) >= 11 is 0. The minimum Gasteiger partial charge on any atom is -0.497 e. The number of rotatable bonds is 10. The topological polar surface area (TPSA) is 114 Å². The van der Waals surface area contributed by atoms with Gasteiger partial charge in [0.2, 0.25) is 5.91 Å². The van der Waals surface area contributed by atoms with Crippen molar-refractivity contribution in [3.8, 4) is 11.5 Å². The monoisotopic (exact) mass is 531 g/mol. The summed E-state index contributed by atoms with van der Waals surface area (Å²) in [6, 6.07) is 18.4. The van der Waals surface area contributed by atoms with Crippen LogP contribution in [0.3, 0.4) is 0 Å². The molecule has 0 aliphatic carbocycles. The SMILES string of the molecule is CCOC(=O)c1cccc(NC(=O)CC2C(=O)N(c3cccc(OC)c3)C(=O)N2Cc2cccc(OC)c2)c1. The highest BCUT2D eigenvalue weighted by Gasteiger charge is 2.46. The van der Waals surface area contributed by atoms with Gasteiger partial charge in [0.05, 0.1) is 38.5 Å². The number of hydrogen-bond acceptors (Lipinski definition) is 7. The first-order chi connectivity index (χ1) is 18.8. The molecule has 3 aromatic carbocycles. The molecule has 4 amide bonds. The Hall–Kier alpha value is -4.86. The van der Waals surface area contributed by atoms with Crippen molar-refractivity contribution < 1.29 is 33.4 Å². The van der Waals surface area contributed by atoms with Crippen LogP contribution in [0.1, 0.15) is 29.3 Å². The van der Waals surface area contributed by atoms with E-state index >= 15 is 0 Å². The number of imide groups is 1. The summed E-state index contributed by atoms with van der Waals surface area (Å²) < 4.78 is 15.6. The number of ether oxygens (including phenoxy) is 3. The van der Waals surface area contributed by atoms with Crippen molar-refractivity contribution >= 4 is 35.2 Å². The molecule has 1 heterocycles. The van der Waals surface area contributed by atoms with Gasteiger partial charge in [0, 0.05) is 18.3 Å². The number of carbonyl (C=O) groups excluding carboxylic acids is 4. The third-order valence-electron chi connectivity index (χ3n) is 6.15. The largest absolute Gasteiger partial charge is 0.497 e. The van der Waals surface area contributed by atoms with E-state index in [2.05, 4.69) is 5.32 Å². The minimum atomic E-state index is -1.07. The van der Waals surface area contributed by atoms with Crippen molar-refractivity contribution in [2.45, 2.75) is 25.9 Å². The van der Waals surface area contributed by atoms with E-state index in [1.165, 1.54) is 25.2 Å². The smallest absolute Gasteiger partial charge is 0.338 e. The van der Waals surface area contributed by atoms with Gasteiger partial charge < -0.3 is 24.4 Å². The fourth-order valence-corrected chi connectivity index (χ4v) is 4.29. The molecule has 4 rings (SSSR count). The number of hydrogen-bond donors (Lipinski definition) is 1. The van der Waals surface area contributed by atoms with Crippen molar-refractivity contribution in [1.82, 2.24) is 4.90 Å². The molecule has 1 unspecified atom stereocenters. The summed E-state index contributed by atoms with van der Waals surface area (Å²) in [5, 5.41) is 2.72. The highest BCUT2D eigenvalue weighted by Crippen LogP contribution is 2.31. The number of anilines is 2. The van der Waals surface area contributed by atoms with Gasteiger partial charge in [-0.05, 0) is 55.0 Å². The minimum absolute atomic E-state index is 0.0819. The van der Waals surface area contributed by atoms with Crippen LogP contribution in [0.2, 0.25) is 0 Å². The van der Waals surface area contributed by atoms with E-state index in [1.54, 1.807) is 67.6 Å². The maximum absolute atomic E-state index is 13.6. The highest BCUT2D eigenvalue weighted by molar-refractivity contribution is 6.22. The summed E-state index contributed by atoms with van der Waals surface area (Å²) in [7, 11) is 3.03. The number of methoxy groups -OCH3 is 2. The molecular formula is C29H29N3O7. The van der Waals surface area contributed by atoms with E-state index in [1.807, 2.05) is 6.07 Å². The molecule has 1 atom stereocenters. The number of benzene rings is 3. The highest BCUT2D eigenvalue weighted by atomic mass is 16.5. The molecule has 10 nitrogen and oxygen atoms in total. The van der Waals surface area contributed by atoms with Gasteiger partial charge in [0.1, 0.15) is 17.5 Å². The molecule has 39 heavy (non-hydrogen) atoms. The van der Waals surface area contributed by atoms with Crippen LogP contribution >= 0.6 is 0 Å². The Kier molecular flexibility index (Phi) is 8.45. The van der Waals surface area contributed by atoms with Crippen molar-refractivity contribution in [3.63, 3.8) is 0 Å². The summed E-state index contributed by atoms with van der Waals surface area (Å²) in [4.78, 5) is 54.8. The maximum atomic E-state index is 13.6. The van der Waals surface area contributed by atoms with E-state index in [0.29, 0.717) is 22.9 Å². The molecule has 1 N–H and O–H groups in total. The predicted molar refractivity (Wildman–Crippen MR) is 144 cm³/mol. The molecule has 1 aliphatic heterocycles. The molecule has 0 radical (unpaired) electrons. The average molecular weight is 532 g/mol. The Labute approximate surface area is 226 Å². The van der Waals surface area contributed by atoms with Crippen LogP contribution in [0.15, 0.2) is 72.8 Å². The first kappa shape index (κ1) is 27.2. The summed E-state index contributed by atoms with van der Waals surface area (Å²) in [5.74, 6) is -0.457. The van der Waals surface area contributed by atoms with Crippen molar-refractivity contribution in [2.24, 2.45) is 0 Å². The Morgan fingerprint density at radius 3 is 2.31 bits per heavy atom. The zero-order valence-electron chi connectivity index (χ0n) is 21.9. The molecule has 0 aromatic heterocycles. The first-order valence-corrected chi connectivity index (χ1v) is 12.3. The fraction of sp³-hybridized carbons (Fsp3) is 0.241. The molecule has 0 spiro atoms. The average Bonchev–Trinajstić information content (AvgIpc) is 3.17. The van der Waals surface area contributed by atoms with Crippen LogP contribution in [0.5, 0.6) is 11.5 Å². The Balaban J connectivity index is 1.60. The van der Waals surface area contributed by atoms with E-state index < -0.39 is 29.9 Å². The standard InChI is InChI=1S/C29H29N3O7/c1-4-39-28(35)20-9-6-10-21(15-20)30-26(33)17-25-27(34)32(22-11-7-13-24(16-22)38-3)29(36)31(25)18-19-8-5-12-23(14-19)37-2/h5-16,25H,4,17-18H2,1-3H3,(H,30,33). The zero-order valence-corrected chi connectivity index (χ0v) is 21.9. The Bertz CT molecular complexity index is 1390. The number of urea groups is 1. The molecule has 3 aromatic rings. The molecule has 1 aliphatic rings. The third-order valence-corrected chi connectivity index (χ3v) is 6.15. The van der Waals surface area contributed by atoms with Gasteiger partial charge in [0.15, 0.2) is 0 Å². The lowest BCUT2D eigenvalue weighted by Crippen LogP contribution is -2.37. The van der Waals surface area contributed by atoms with Crippen LogP contribution in [-0.2, 0) is 20.9 Å². The lowest BCUT2D eigenvalue weighted by molar-refractivity contribution is -0.124. The van der Waals surface area contributed by atoms with E-state index in [-0.39, 0.29) is 25.1 Å². The second-order valence-electron chi connectivity index (χ2n) is 8.71. The normalized spacial score (nSPS) is 14.8. The summed E-state index contributed by atoms with van der Waals surface area (Å²) in [6.07, 6.45) is -0.293. The number of nitrogens with zero attached hydrogens (tertiary/aromatic N) is 2. The summed E-state index contributed by atoms with van der Waals surface area (Å²) in [5.41, 5.74) is 1.72. The van der Waals surface area contributed by atoms with Gasteiger partial charge in [-0.2, -0.15) is 0 Å². The van der Waals surface area contributed by atoms with Gasteiger partial charge in [0.25, 0.3) is 5.91 Å². The molecular weight excluding hydrogens is 502 g/mol. The van der Waals surface area contributed by atoms with E-state index in [4.69, 9.17) is 14.2 Å². The molecule has 0 bridgehead atoms. The van der Waals surface area contributed by atoms with Crippen LogP contribution in [0.25, 0.3) is 0 Å². The third kappa shape index (κ3) is 6.18. The zero-order chi connectivity index (χ0) is 27.9. The van der Waals surface area contributed by atoms with E-state index in [0.717, 1.165) is 10.5 Å². The molecule has 1 saturated heterocycles. The summed E-state index contributed by atoms with van der Waals surface area (Å²) in [6.45, 7) is 2.01. The quantitative estimate of drug-likeness (QED) is 0.307. The van der Waals surface area contributed by atoms with Crippen LogP contribution in [-0.4, -0.2) is 55.6 Å². The fourth-order valence-electron chi connectivity index (χ4n) is 4.29. The van der Waals surface area contributed by atoms with Gasteiger partial charge in [-0.15, -0.1) is 0 Å². The maximum Gasteiger partial charge on any atom is 0.338 e. The number of carbonyl (C=O) groups is 4. The van der Waals surface area contributed by atoms with Gasteiger partial charge in [-0.1, -0.05) is 24.3 Å². The van der Waals surface area contributed by atoms with Gasteiger partial charge >= 0.3 is 12.0 Å². The van der Waals surface area contributed by atoms with Crippen molar-refractivity contribution in [1.29, 1.82) is 0 Å². The number of nitrogens with one attached hydrogen (secondary N) is 1. The first-order valence-electron chi connectivity index (χ1n) is 12.3. The molecule has 202 valence electrons. The Morgan fingerprint density at radius 2 is 1.59 bits per heavy atom. The lowest BCUT2D eigenvalue weighted by atomic mass is 10.1.